The third-order valence-electron chi connectivity index (χ3n) is 5.49. The molecule has 2 aromatic rings. The topological polar surface area (TPSA) is 113 Å². The van der Waals surface area contributed by atoms with Crippen LogP contribution < -0.4 is 9.80 Å². The summed E-state index contributed by atoms with van der Waals surface area (Å²) in [7, 11) is 4.29. The third kappa shape index (κ3) is 11.2. The van der Waals surface area contributed by atoms with E-state index >= 15 is 0 Å². The number of carbonyl (C=O) groups is 2. The summed E-state index contributed by atoms with van der Waals surface area (Å²) in [4.78, 5) is 36.6. The van der Waals surface area contributed by atoms with E-state index in [0.29, 0.717) is 22.2 Å². The molecule has 0 radical (unpaired) electrons. The molecule has 0 unspecified atom stereocenters. The van der Waals surface area contributed by atoms with Gasteiger partial charge in [-0.05, 0) is 26.2 Å². The minimum atomic E-state index is -1.26. The van der Waals surface area contributed by atoms with Crippen LogP contribution in [0.25, 0.3) is 0 Å². The smallest absolute Gasteiger partial charge is 0.328 e. The largest absolute Gasteiger partial charge is 0.478 e. The van der Waals surface area contributed by atoms with E-state index in [1.54, 1.807) is 12.4 Å². The van der Waals surface area contributed by atoms with Crippen LogP contribution in [0.2, 0.25) is 10.0 Å². The fourth-order valence-corrected chi connectivity index (χ4v) is 3.76. The molecule has 0 atom stereocenters. The highest BCUT2D eigenvalue weighted by Gasteiger charge is 2.15. The lowest BCUT2D eigenvalue weighted by Gasteiger charge is -2.33. The van der Waals surface area contributed by atoms with Crippen molar-refractivity contribution < 1.29 is 19.8 Å². The highest BCUT2D eigenvalue weighted by atomic mass is 35.5. The third-order valence-corrected chi connectivity index (χ3v) is 5.90. The van der Waals surface area contributed by atoms with Crippen LogP contribution >= 0.6 is 23.2 Å². The Hall–Kier alpha value is -2.92. The average Bonchev–Trinajstić information content (AvgIpc) is 2.84. The number of hydrogen-bond donors (Lipinski definition) is 2. The summed E-state index contributed by atoms with van der Waals surface area (Å²) in [6, 6.07) is 3.94. The predicted molar refractivity (Wildman–Crippen MR) is 142 cm³/mol. The number of nitrogens with zero attached hydrogens (tertiary/aromatic N) is 6. The van der Waals surface area contributed by atoms with Crippen molar-refractivity contribution in [2.24, 2.45) is 0 Å². The maximum Gasteiger partial charge on any atom is 0.328 e. The maximum absolute atomic E-state index is 9.55. The lowest BCUT2D eigenvalue weighted by Crippen LogP contribution is -2.44. The molecule has 196 valence electrons. The van der Waals surface area contributed by atoms with E-state index in [-0.39, 0.29) is 0 Å². The maximum atomic E-state index is 9.55. The van der Waals surface area contributed by atoms with Gasteiger partial charge in [-0.25, -0.2) is 9.59 Å². The van der Waals surface area contributed by atoms with Crippen LogP contribution in [0.15, 0.2) is 49.1 Å². The Morgan fingerprint density at radius 1 is 0.694 bits per heavy atom. The fourth-order valence-electron chi connectivity index (χ4n) is 3.42. The standard InChI is InChI=1S/2C10H14ClN3.C4H4O4/c2*1-13-2-4-14(5-3-13)10-6-9(11)7-12-8-10;5-3(6)1-2-4(7)8/h2*6-8H,2-5H2,1H3;1-2H,(H,5,6)(H,7,8)/b;;2-1+. The number of hydrogen-bond acceptors (Lipinski definition) is 8. The van der Waals surface area contributed by atoms with E-state index in [1.807, 2.05) is 24.5 Å². The zero-order valence-corrected chi connectivity index (χ0v) is 21.9. The molecule has 2 aromatic heterocycles. The monoisotopic (exact) mass is 538 g/mol. The number of rotatable bonds is 4. The molecule has 0 bridgehead atoms. The summed E-state index contributed by atoms with van der Waals surface area (Å²) in [6.07, 6.45) is 8.20. The lowest BCUT2D eigenvalue weighted by atomic mass is 10.3. The molecule has 10 nitrogen and oxygen atoms in total. The first kappa shape index (κ1) is 29.3. The highest BCUT2D eigenvalue weighted by molar-refractivity contribution is 6.31. The summed E-state index contributed by atoms with van der Waals surface area (Å²) in [5, 5.41) is 17.0. The van der Waals surface area contributed by atoms with Crippen LogP contribution in [0.3, 0.4) is 0 Å². The molecule has 2 aliphatic heterocycles. The van der Waals surface area contributed by atoms with Crippen LogP contribution in [0.4, 0.5) is 11.4 Å². The Bertz CT molecular complexity index is 930. The zero-order chi connectivity index (χ0) is 26.5. The normalized spacial score (nSPS) is 16.6. The first-order valence-corrected chi connectivity index (χ1v) is 12.1. The van der Waals surface area contributed by atoms with Crippen molar-refractivity contribution in [3.63, 3.8) is 0 Å². The van der Waals surface area contributed by atoms with Crippen molar-refractivity contribution in [1.82, 2.24) is 19.8 Å². The number of pyridine rings is 2. The van der Waals surface area contributed by atoms with Gasteiger partial charge in [0.05, 0.1) is 33.8 Å². The van der Waals surface area contributed by atoms with Gasteiger partial charge in [-0.2, -0.15) is 0 Å². The Kier molecular flexibility index (Phi) is 12.4. The van der Waals surface area contributed by atoms with E-state index in [1.165, 1.54) is 0 Å². The molecule has 2 N–H and O–H groups in total. The fraction of sp³-hybridized carbons (Fsp3) is 0.417. The summed E-state index contributed by atoms with van der Waals surface area (Å²) < 4.78 is 0. The number of likely N-dealkylation sites (N-methyl/N-ethyl adjacent to an activating group) is 2. The van der Waals surface area contributed by atoms with Crippen molar-refractivity contribution in [3.8, 4) is 0 Å². The Morgan fingerprint density at radius 2 is 1.03 bits per heavy atom. The van der Waals surface area contributed by atoms with Gasteiger partial charge in [-0.1, -0.05) is 23.2 Å². The SMILES string of the molecule is CN1CCN(c2cncc(Cl)c2)CC1.CN1CCN(c2cncc(Cl)c2)CC1.O=C(O)/C=C/C(=O)O. The van der Waals surface area contributed by atoms with Crippen molar-refractivity contribution >= 4 is 46.5 Å². The minimum absolute atomic E-state index is 0.558. The second-order valence-corrected chi connectivity index (χ2v) is 9.19. The van der Waals surface area contributed by atoms with Crippen molar-refractivity contribution in [2.75, 3.05) is 76.3 Å². The molecule has 2 saturated heterocycles. The van der Waals surface area contributed by atoms with Gasteiger partial charge in [-0.15, -0.1) is 0 Å². The van der Waals surface area contributed by atoms with Gasteiger partial charge in [0, 0.05) is 76.9 Å². The van der Waals surface area contributed by atoms with Crippen molar-refractivity contribution in [3.05, 3.63) is 59.1 Å². The summed E-state index contributed by atoms with van der Waals surface area (Å²) in [6.45, 7) is 8.63. The predicted octanol–water partition coefficient (Wildman–Crippen LogP) is 2.69. The Labute approximate surface area is 221 Å². The zero-order valence-electron chi connectivity index (χ0n) is 20.4. The van der Waals surface area contributed by atoms with Crippen LogP contribution in [0, 0.1) is 0 Å². The highest BCUT2D eigenvalue weighted by Crippen LogP contribution is 2.19. The molecule has 0 aromatic carbocycles. The Balaban J connectivity index is 0.000000199. The number of anilines is 2. The van der Waals surface area contributed by atoms with Crippen LogP contribution in [0.5, 0.6) is 0 Å². The molecule has 2 fully saturated rings. The molecule has 12 heteroatoms. The van der Waals surface area contributed by atoms with E-state index < -0.39 is 11.9 Å². The molecule has 4 rings (SSSR count). The van der Waals surface area contributed by atoms with E-state index in [9.17, 15) is 9.59 Å². The molecule has 0 aliphatic carbocycles. The van der Waals surface area contributed by atoms with Gasteiger partial charge in [0.25, 0.3) is 0 Å². The van der Waals surface area contributed by atoms with Crippen LogP contribution in [-0.4, -0.2) is 108 Å². The van der Waals surface area contributed by atoms with Crippen molar-refractivity contribution in [1.29, 1.82) is 0 Å². The molecule has 0 amide bonds. The summed E-state index contributed by atoms with van der Waals surface area (Å²) in [5.74, 6) is -2.51. The molecule has 0 spiro atoms. The van der Waals surface area contributed by atoms with Crippen LogP contribution in [0.1, 0.15) is 0 Å². The van der Waals surface area contributed by atoms with E-state index in [2.05, 4.69) is 43.7 Å². The number of halogens is 2. The van der Waals surface area contributed by atoms with Gasteiger partial charge in [-0.3, -0.25) is 9.97 Å². The van der Waals surface area contributed by atoms with Crippen molar-refractivity contribution in [2.45, 2.75) is 0 Å². The van der Waals surface area contributed by atoms with Gasteiger partial charge in [0.2, 0.25) is 0 Å². The average molecular weight is 539 g/mol. The van der Waals surface area contributed by atoms with Gasteiger partial charge >= 0.3 is 11.9 Å². The minimum Gasteiger partial charge on any atom is -0.478 e. The first-order chi connectivity index (χ1) is 17.1. The van der Waals surface area contributed by atoms with Gasteiger partial charge in [0.1, 0.15) is 0 Å². The molecule has 4 heterocycles. The number of aliphatic carboxylic acids is 2. The molecular formula is C24H32Cl2N6O4. The molecular weight excluding hydrogens is 507 g/mol. The second-order valence-electron chi connectivity index (χ2n) is 8.31. The number of aromatic nitrogens is 2. The quantitative estimate of drug-likeness (QED) is 0.563. The molecule has 36 heavy (non-hydrogen) atoms. The van der Waals surface area contributed by atoms with E-state index in [4.69, 9.17) is 33.4 Å². The number of carboxylic acids is 2. The van der Waals surface area contributed by atoms with Gasteiger partial charge in [0.15, 0.2) is 0 Å². The summed E-state index contributed by atoms with van der Waals surface area (Å²) in [5.41, 5.74) is 2.26. The number of carboxylic acid groups (broad SMARTS) is 2. The second kappa shape index (κ2) is 15.2. The first-order valence-electron chi connectivity index (χ1n) is 11.4. The van der Waals surface area contributed by atoms with Gasteiger partial charge < -0.3 is 29.8 Å². The van der Waals surface area contributed by atoms with Crippen LogP contribution in [-0.2, 0) is 9.59 Å². The van der Waals surface area contributed by atoms with E-state index in [0.717, 1.165) is 63.7 Å². The number of piperazine rings is 2. The lowest BCUT2D eigenvalue weighted by molar-refractivity contribution is -0.134. The summed E-state index contributed by atoms with van der Waals surface area (Å²) >= 11 is 11.8. The Morgan fingerprint density at radius 3 is 1.31 bits per heavy atom. The molecule has 0 saturated carbocycles. The molecule has 2 aliphatic rings.